The Balaban J connectivity index is 2.43. The summed E-state index contributed by atoms with van der Waals surface area (Å²) in [5, 5.41) is 0. The Bertz CT molecular complexity index is 628. The van der Waals surface area contributed by atoms with Crippen LogP contribution in [-0.4, -0.2) is 18.1 Å². The first-order valence-electron chi connectivity index (χ1n) is 5.19. The van der Waals surface area contributed by atoms with Crippen molar-refractivity contribution in [2.75, 3.05) is 7.11 Å². The smallest absolute Gasteiger partial charge is 0.340 e. The molecule has 1 heterocycles. The van der Waals surface area contributed by atoms with Gasteiger partial charge in [-0.15, -0.1) is 0 Å². The normalized spacial score (nSPS) is 10.1. The fourth-order valence-electron chi connectivity index (χ4n) is 1.56. The standard InChI is InChI=1S/C13H10FNO3/c1-18-13(17)10-4-2-8(6-11(10)14)9-3-5-12(16)15-7-9/h2-7H,1H3,(H,15,16). The number of hydrogen-bond donors (Lipinski definition) is 1. The van der Waals surface area contributed by atoms with Gasteiger partial charge in [0.1, 0.15) is 5.82 Å². The van der Waals surface area contributed by atoms with Crippen molar-refractivity contribution in [1.29, 1.82) is 0 Å². The molecular formula is C13H10FNO3. The van der Waals surface area contributed by atoms with Crippen LogP contribution in [0.2, 0.25) is 0 Å². The monoisotopic (exact) mass is 247 g/mol. The molecular weight excluding hydrogens is 237 g/mol. The highest BCUT2D eigenvalue weighted by Gasteiger charge is 2.12. The second kappa shape index (κ2) is 4.83. The van der Waals surface area contributed by atoms with E-state index in [-0.39, 0.29) is 11.1 Å². The van der Waals surface area contributed by atoms with E-state index >= 15 is 0 Å². The molecule has 4 nitrogen and oxygen atoms in total. The van der Waals surface area contributed by atoms with Crippen molar-refractivity contribution in [2.45, 2.75) is 0 Å². The van der Waals surface area contributed by atoms with Crippen LogP contribution in [0.25, 0.3) is 11.1 Å². The van der Waals surface area contributed by atoms with Crippen molar-refractivity contribution in [2.24, 2.45) is 0 Å². The van der Waals surface area contributed by atoms with Gasteiger partial charge in [0.05, 0.1) is 12.7 Å². The summed E-state index contributed by atoms with van der Waals surface area (Å²) < 4.78 is 18.1. The van der Waals surface area contributed by atoms with Crippen molar-refractivity contribution in [3.8, 4) is 11.1 Å². The van der Waals surface area contributed by atoms with Crippen LogP contribution in [0.4, 0.5) is 4.39 Å². The number of esters is 1. The van der Waals surface area contributed by atoms with Crippen LogP contribution in [0.3, 0.4) is 0 Å². The highest BCUT2D eigenvalue weighted by molar-refractivity contribution is 5.90. The molecule has 5 heteroatoms. The fourth-order valence-corrected chi connectivity index (χ4v) is 1.56. The number of hydrogen-bond acceptors (Lipinski definition) is 3. The highest BCUT2D eigenvalue weighted by atomic mass is 19.1. The molecule has 0 saturated heterocycles. The maximum Gasteiger partial charge on any atom is 0.340 e. The van der Waals surface area contributed by atoms with E-state index in [1.165, 1.54) is 31.5 Å². The summed E-state index contributed by atoms with van der Waals surface area (Å²) in [6.07, 6.45) is 1.48. The minimum Gasteiger partial charge on any atom is -0.465 e. The zero-order chi connectivity index (χ0) is 13.1. The number of aromatic nitrogens is 1. The highest BCUT2D eigenvalue weighted by Crippen LogP contribution is 2.20. The lowest BCUT2D eigenvalue weighted by Gasteiger charge is -2.04. The molecule has 1 aromatic heterocycles. The molecule has 0 unspecified atom stereocenters. The zero-order valence-electron chi connectivity index (χ0n) is 9.57. The Morgan fingerprint density at radius 1 is 1.22 bits per heavy atom. The molecule has 0 radical (unpaired) electrons. The summed E-state index contributed by atoms with van der Waals surface area (Å²) in [5.74, 6) is -1.38. The van der Waals surface area contributed by atoms with Crippen LogP contribution in [-0.2, 0) is 4.74 Å². The van der Waals surface area contributed by atoms with Gasteiger partial charge in [-0.1, -0.05) is 6.07 Å². The number of methoxy groups -OCH3 is 1. The number of carbonyl (C=O) groups is 1. The van der Waals surface area contributed by atoms with Crippen LogP contribution in [0.1, 0.15) is 10.4 Å². The number of H-pyrrole nitrogens is 1. The number of rotatable bonds is 2. The average Bonchev–Trinajstić information content (AvgIpc) is 2.38. The van der Waals surface area contributed by atoms with Gasteiger partial charge in [-0.2, -0.15) is 0 Å². The molecule has 0 bridgehead atoms. The molecule has 0 atom stereocenters. The Morgan fingerprint density at radius 2 is 1.94 bits per heavy atom. The third kappa shape index (κ3) is 2.29. The van der Waals surface area contributed by atoms with Gasteiger partial charge in [0, 0.05) is 12.3 Å². The van der Waals surface area contributed by atoms with E-state index in [0.717, 1.165) is 0 Å². The molecule has 2 aromatic rings. The minimum absolute atomic E-state index is 0.120. The van der Waals surface area contributed by atoms with Crippen molar-refractivity contribution >= 4 is 5.97 Å². The van der Waals surface area contributed by atoms with Crippen LogP contribution in [0.15, 0.2) is 41.3 Å². The topological polar surface area (TPSA) is 59.2 Å². The first kappa shape index (κ1) is 12.0. The summed E-state index contributed by atoms with van der Waals surface area (Å²) in [4.78, 5) is 24.6. The van der Waals surface area contributed by atoms with Gasteiger partial charge < -0.3 is 9.72 Å². The molecule has 18 heavy (non-hydrogen) atoms. The van der Waals surface area contributed by atoms with E-state index in [2.05, 4.69) is 9.72 Å². The lowest BCUT2D eigenvalue weighted by atomic mass is 10.1. The van der Waals surface area contributed by atoms with Crippen LogP contribution in [0, 0.1) is 5.82 Å². The van der Waals surface area contributed by atoms with E-state index in [1.807, 2.05) is 0 Å². The van der Waals surface area contributed by atoms with E-state index in [1.54, 1.807) is 12.1 Å². The van der Waals surface area contributed by atoms with Gasteiger partial charge in [-0.3, -0.25) is 4.79 Å². The van der Waals surface area contributed by atoms with E-state index < -0.39 is 11.8 Å². The van der Waals surface area contributed by atoms with Gasteiger partial charge in [0.15, 0.2) is 0 Å². The van der Waals surface area contributed by atoms with Gasteiger partial charge in [0.25, 0.3) is 0 Å². The third-order valence-corrected chi connectivity index (χ3v) is 2.49. The van der Waals surface area contributed by atoms with Crippen LogP contribution in [0.5, 0.6) is 0 Å². The van der Waals surface area contributed by atoms with Crippen molar-refractivity contribution in [3.63, 3.8) is 0 Å². The Kier molecular flexibility index (Phi) is 3.23. The quantitative estimate of drug-likeness (QED) is 0.825. The number of carbonyl (C=O) groups excluding carboxylic acids is 1. The van der Waals surface area contributed by atoms with E-state index in [4.69, 9.17) is 0 Å². The second-order valence-electron chi connectivity index (χ2n) is 3.63. The molecule has 0 fully saturated rings. The van der Waals surface area contributed by atoms with Gasteiger partial charge >= 0.3 is 5.97 Å². The van der Waals surface area contributed by atoms with Crippen molar-refractivity contribution < 1.29 is 13.9 Å². The number of nitrogens with one attached hydrogen (secondary N) is 1. The molecule has 1 aromatic carbocycles. The first-order chi connectivity index (χ1) is 8.61. The number of ether oxygens (including phenoxy) is 1. The first-order valence-corrected chi connectivity index (χ1v) is 5.19. The van der Waals surface area contributed by atoms with Crippen molar-refractivity contribution in [1.82, 2.24) is 4.98 Å². The molecule has 0 aliphatic rings. The maximum absolute atomic E-state index is 13.7. The van der Waals surface area contributed by atoms with Gasteiger partial charge in [0.2, 0.25) is 5.56 Å². The Labute approximate surface area is 102 Å². The summed E-state index contributed by atoms with van der Waals surface area (Å²) in [7, 11) is 1.19. The molecule has 0 aliphatic carbocycles. The SMILES string of the molecule is COC(=O)c1ccc(-c2ccc(=O)[nH]c2)cc1F. The van der Waals surface area contributed by atoms with E-state index in [0.29, 0.717) is 11.1 Å². The van der Waals surface area contributed by atoms with Crippen LogP contribution >= 0.6 is 0 Å². The second-order valence-corrected chi connectivity index (χ2v) is 3.63. The summed E-state index contributed by atoms with van der Waals surface area (Å²) in [6.45, 7) is 0. The molecule has 0 spiro atoms. The zero-order valence-corrected chi connectivity index (χ0v) is 9.57. The predicted molar refractivity (Wildman–Crippen MR) is 63.8 cm³/mol. The summed E-state index contributed by atoms with van der Waals surface area (Å²) >= 11 is 0. The fraction of sp³-hybridized carbons (Fsp3) is 0.0769. The van der Waals surface area contributed by atoms with Crippen LogP contribution < -0.4 is 5.56 Å². The third-order valence-electron chi connectivity index (χ3n) is 2.49. The average molecular weight is 247 g/mol. The lowest BCUT2D eigenvalue weighted by Crippen LogP contribution is -2.05. The maximum atomic E-state index is 13.7. The van der Waals surface area contributed by atoms with Gasteiger partial charge in [-0.25, -0.2) is 9.18 Å². The summed E-state index contributed by atoms with van der Waals surface area (Å²) in [6, 6.07) is 7.08. The Morgan fingerprint density at radius 3 is 2.50 bits per heavy atom. The lowest BCUT2D eigenvalue weighted by molar-refractivity contribution is 0.0595. The number of pyridine rings is 1. The molecule has 2 rings (SSSR count). The Hall–Kier alpha value is -2.43. The number of halogens is 1. The molecule has 1 N–H and O–H groups in total. The summed E-state index contributed by atoms with van der Waals surface area (Å²) in [5.41, 5.74) is 0.873. The number of benzene rings is 1. The number of aromatic amines is 1. The van der Waals surface area contributed by atoms with Crippen molar-refractivity contribution in [3.05, 3.63) is 58.3 Å². The molecule has 0 saturated carbocycles. The largest absolute Gasteiger partial charge is 0.465 e. The predicted octanol–water partition coefficient (Wildman–Crippen LogP) is 1.97. The van der Waals surface area contributed by atoms with E-state index in [9.17, 15) is 14.0 Å². The molecule has 0 amide bonds. The molecule has 92 valence electrons. The minimum atomic E-state index is -0.722. The van der Waals surface area contributed by atoms with Gasteiger partial charge in [-0.05, 0) is 29.3 Å². The molecule has 0 aliphatic heterocycles.